The summed E-state index contributed by atoms with van der Waals surface area (Å²) in [5.74, 6) is 0.815. The summed E-state index contributed by atoms with van der Waals surface area (Å²) < 4.78 is 12.4. The van der Waals surface area contributed by atoms with Gasteiger partial charge in [-0.15, -0.1) is 0 Å². The molecule has 1 unspecified atom stereocenters. The van der Waals surface area contributed by atoms with E-state index < -0.39 is 0 Å². The van der Waals surface area contributed by atoms with Gasteiger partial charge in [0.05, 0.1) is 18.8 Å². The molecule has 4 aromatic rings. The van der Waals surface area contributed by atoms with E-state index in [0.717, 1.165) is 28.0 Å². The number of carbonyl (C=O) groups is 1. The molecule has 5 rings (SSSR count). The first-order valence-electron chi connectivity index (χ1n) is 13.0. The number of carbonyl (C=O) groups excluding carboxylic acids is 1. The minimum absolute atomic E-state index is 0.199. The molecule has 1 heterocycles. The Morgan fingerprint density at radius 3 is 1.89 bits per heavy atom. The minimum Gasteiger partial charge on any atom is -0.489 e. The molecule has 194 valence electrons. The van der Waals surface area contributed by atoms with Crippen molar-refractivity contribution < 1.29 is 14.3 Å². The van der Waals surface area contributed by atoms with Crippen molar-refractivity contribution in [2.24, 2.45) is 0 Å². The molecule has 2 N–H and O–H groups in total. The third kappa shape index (κ3) is 7.44. The fourth-order valence-electron chi connectivity index (χ4n) is 4.58. The van der Waals surface area contributed by atoms with Crippen molar-refractivity contribution in [3.8, 4) is 5.75 Å². The zero-order valence-electron chi connectivity index (χ0n) is 21.3. The number of hydrazine groups is 1. The number of amides is 2. The lowest BCUT2D eigenvalue weighted by Gasteiger charge is -2.28. The molecule has 6 heteroatoms. The van der Waals surface area contributed by atoms with Crippen molar-refractivity contribution in [3.63, 3.8) is 0 Å². The second-order valence-corrected chi connectivity index (χ2v) is 9.52. The Hall–Kier alpha value is -4.13. The first-order chi connectivity index (χ1) is 18.7. The molecule has 1 aliphatic heterocycles. The number of ether oxygens (including phenoxy) is 2. The summed E-state index contributed by atoms with van der Waals surface area (Å²) in [4.78, 5) is 12.8. The van der Waals surface area contributed by atoms with Crippen LogP contribution in [0.5, 0.6) is 5.75 Å². The maximum atomic E-state index is 12.8. The molecule has 2 amide bonds. The predicted octanol–water partition coefficient (Wildman–Crippen LogP) is 5.49. The Bertz CT molecular complexity index is 1270. The second kappa shape index (κ2) is 12.9. The number of urea groups is 1. The summed E-state index contributed by atoms with van der Waals surface area (Å²) in [7, 11) is 0. The van der Waals surface area contributed by atoms with Gasteiger partial charge in [0, 0.05) is 13.1 Å². The second-order valence-electron chi connectivity index (χ2n) is 9.52. The molecule has 0 saturated carbocycles. The van der Waals surface area contributed by atoms with Crippen LogP contribution in [0.3, 0.4) is 0 Å². The van der Waals surface area contributed by atoms with Crippen molar-refractivity contribution in [2.45, 2.75) is 38.3 Å². The SMILES string of the molecule is O=C1N[C@H](Cc2ccc(OCc3ccccc3)cc2)C(OCc2ccccc2)CN(Cc2ccccc2)N1. The molecule has 1 saturated heterocycles. The van der Waals surface area contributed by atoms with Gasteiger partial charge in [-0.2, -0.15) is 0 Å². The van der Waals surface area contributed by atoms with Crippen LogP contribution in [0.25, 0.3) is 0 Å². The maximum Gasteiger partial charge on any atom is 0.329 e. The number of hydrogen-bond acceptors (Lipinski definition) is 4. The maximum absolute atomic E-state index is 12.8. The van der Waals surface area contributed by atoms with Crippen molar-refractivity contribution in [1.29, 1.82) is 0 Å². The van der Waals surface area contributed by atoms with Gasteiger partial charge in [0.25, 0.3) is 0 Å². The minimum atomic E-state index is -0.223. The molecular weight excluding hydrogens is 474 g/mol. The average Bonchev–Trinajstić information content (AvgIpc) is 3.10. The van der Waals surface area contributed by atoms with Gasteiger partial charge < -0.3 is 14.8 Å². The fraction of sp³-hybridized carbons (Fsp3) is 0.219. The third-order valence-corrected chi connectivity index (χ3v) is 6.58. The largest absolute Gasteiger partial charge is 0.489 e. The molecule has 0 aromatic heterocycles. The normalized spacial score (nSPS) is 17.7. The van der Waals surface area contributed by atoms with E-state index in [2.05, 4.69) is 47.1 Å². The Morgan fingerprint density at radius 2 is 1.26 bits per heavy atom. The quantitative estimate of drug-likeness (QED) is 0.298. The molecule has 1 aliphatic rings. The first-order valence-corrected chi connectivity index (χ1v) is 13.0. The van der Waals surface area contributed by atoms with Crippen LogP contribution in [-0.2, 0) is 30.9 Å². The summed E-state index contributed by atoms with van der Waals surface area (Å²) >= 11 is 0. The number of hydrogen-bond donors (Lipinski definition) is 2. The van der Waals surface area contributed by atoms with Crippen LogP contribution in [-0.4, -0.2) is 29.7 Å². The van der Waals surface area contributed by atoms with Gasteiger partial charge in [-0.25, -0.2) is 9.80 Å². The highest BCUT2D eigenvalue weighted by molar-refractivity contribution is 5.74. The molecule has 6 nitrogen and oxygen atoms in total. The van der Waals surface area contributed by atoms with Crippen LogP contribution in [0, 0.1) is 0 Å². The lowest BCUT2D eigenvalue weighted by Crippen LogP contribution is -2.46. The van der Waals surface area contributed by atoms with Gasteiger partial charge >= 0.3 is 6.03 Å². The van der Waals surface area contributed by atoms with E-state index in [0.29, 0.717) is 32.7 Å². The molecule has 2 atom stereocenters. The lowest BCUT2D eigenvalue weighted by atomic mass is 10.0. The van der Waals surface area contributed by atoms with Crippen LogP contribution in [0.1, 0.15) is 22.3 Å². The topological polar surface area (TPSA) is 62.8 Å². The number of rotatable bonds is 10. The molecule has 4 aromatic carbocycles. The highest BCUT2D eigenvalue weighted by Crippen LogP contribution is 2.19. The first kappa shape index (κ1) is 25.5. The van der Waals surface area contributed by atoms with E-state index in [9.17, 15) is 4.79 Å². The van der Waals surface area contributed by atoms with E-state index in [4.69, 9.17) is 9.47 Å². The molecule has 1 fully saturated rings. The third-order valence-electron chi connectivity index (χ3n) is 6.58. The summed E-state index contributed by atoms with van der Waals surface area (Å²) in [5, 5.41) is 5.07. The summed E-state index contributed by atoms with van der Waals surface area (Å²) in [6.07, 6.45) is 0.428. The van der Waals surface area contributed by atoms with Crippen molar-refractivity contribution in [1.82, 2.24) is 15.8 Å². The van der Waals surface area contributed by atoms with E-state index in [-0.39, 0.29) is 18.2 Å². The zero-order chi connectivity index (χ0) is 26.0. The zero-order valence-corrected chi connectivity index (χ0v) is 21.3. The van der Waals surface area contributed by atoms with Crippen LogP contribution < -0.4 is 15.5 Å². The van der Waals surface area contributed by atoms with Crippen LogP contribution in [0.4, 0.5) is 4.79 Å². The monoisotopic (exact) mass is 507 g/mol. The van der Waals surface area contributed by atoms with Gasteiger partial charge in [-0.05, 0) is 40.8 Å². The Kier molecular flexibility index (Phi) is 8.66. The van der Waals surface area contributed by atoms with Gasteiger partial charge in [-0.3, -0.25) is 5.43 Å². The molecule has 38 heavy (non-hydrogen) atoms. The smallest absolute Gasteiger partial charge is 0.329 e. The molecule has 0 spiro atoms. The standard InChI is InChI=1S/C32H33N3O3/c36-32-33-30(20-25-16-18-29(19-17-25)37-23-27-12-6-2-7-13-27)31(38-24-28-14-8-3-9-15-28)22-35(34-32)21-26-10-4-1-5-11-26/h1-19,30-31H,20-24H2,(H2,33,34,36)/t30-,31?/m1/s1. The number of nitrogens with zero attached hydrogens (tertiary/aromatic N) is 1. The predicted molar refractivity (Wildman–Crippen MR) is 148 cm³/mol. The number of nitrogens with one attached hydrogen (secondary N) is 2. The summed E-state index contributed by atoms with van der Waals surface area (Å²) in [6, 6.07) is 38.0. The average molecular weight is 508 g/mol. The molecular formula is C32H33N3O3. The van der Waals surface area contributed by atoms with Crippen LogP contribution in [0.2, 0.25) is 0 Å². The van der Waals surface area contributed by atoms with Gasteiger partial charge in [0.1, 0.15) is 12.4 Å². The van der Waals surface area contributed by atoms with Crippen molar-refractivity contribution in [3.05, 3.63) is 138 Å². The van der Waals surface area contributed by atoms with E-state index >= 15 is 0 Å². The Labute approximate surface area is 224 Å². The highest BCUT2D eigenvalue weighted by atomic mass is 16.5. The Balaban J connectivity index is 1.27. The lowest BCUT2D eigenvalue weighted by molar-refractivity contribution is -0.00444. The van der Waals surface area contributed by atoms with Crippen molar-refractivity contribution >= 4 is 6.03 Å². The van der Waals surface area contributed by atoms with E-state index in [1.807, 2.05) is 83.9 Å². The Morgan fingerprint density at radius 1 is 0.684 bits per heavy atom. The molecule has 0 bridgehead atoms. The highest BCUT2D eigenvalue weighted by Gasteiger charge is 2.31. The van der Waals surface area contributed by atoms with Gasteiger partial charge in [-0.1, -0.05) is 103 Å². The van der Waals surface area contributed by atoms with E-state index in [1.165, 1.54) is 0 Å². The van der Waals surface area contributed by atoms with Crippen LogP contribution in [0.15, 0.2) is 115 Å². The van der Waals surface area contributed by atoms with Gasteiger partial charge in [0.15, 0.2) is 0 Å². The number of benzene rings is 4. The van der Waals surface area contributed by atoms with Crippen molar-refractivity contribution in [2.75, 3.05) is 6.54 Å². The van der Waals surface area contributed by atoms with Gasteiger partial charge in [0.2, 0.25) is 0 Å². The summed E-state index contributed by atoms with van der Waals surface area (Å²) in [6.45, 7) is 2.16. The molecule has 0 aliphatic carbocycles. The molecule has 0 radical (unpaired) electrons. The van der Waals surface area contributed by atoms with E-state index in [1.54, 1.807) is 0 Å². The van der Waals surface area contributed by atoms with Crippen LogP contribution >= 0.6 is 0 Å². The summed E-state index contributed by atoms with van der Waals surface area (Å²) in [5.41, 5.74) is 7.45. The fourth-order valence-corrected chi connectivity index (χ4v) is 4.58.